The van der Waals surface area contributed by atoms with Crippen LogP contribution in [0.5, 0.6) is 5.75 Å². The molecule has 1 saturated heterocycles. The molecule has 3 rings (SSSR count). The molecule has 0 bridgehead atoms. The van der Waals surface area contributed by atoms with Crippen LogP contribution in [0.2, 0.25) is 0 Å². The lowest BCUT2D eigenvalue weighted by Crippen LogP contribution is -2.51. The lowest BCUT2D eigenvalue weighted by atomic mass is 10.1. The standard InChI is InChI=1S/C18H26FN3O4S/c1-13(2)27(24,25)22-7-5-16(6-8-22)20-18(23)21-9-10-26-17-11-15(19)4-3-14(17)12-21/h3-4,11,13,16H,5-10,12H2,1-2H3,(H,20,23). The molecule has 0 aliphatic carbocycles. The number of rotatable bonds is 3. The first-order valence-corrected chi connectivity index (χ1v) is 10.7. The van der Waals surface area contributed by atoms with Crippen LogP contribution < -0.4 is 10.1 Å². The maximum absolute atomic E-state index is 13.3. The largest absolute Gasteiger partial charge is 0.491 e. The molecule has 27 heavy (non-hydrogen) atoms. The van der Waals surface area contributed by atoms with Crippen LogP contribution in [0.1, 0.15) is 32.3 Å². The Balaban J connectivity index is 1.56. The van der Waals surface area contributed by atoms with Crippen LogP contribution in [-0.2, 0) is 16.6 Å². The van der Waals surface area contributed by atoms with Gasteiger partial charge in [0.25, 0.3) is 0 Å². The van der Waals surface area contributed by atoms with E-state index in [1.54, 1.807) is 24.8 Å². The van der Waals surface area contributed by atoms with E-state index in [1.807, 2.05) is 0 Å². The molecular formula is C18H26FN3O4S. The van der Waals surface area contributed by atoms with Crippen LogP contribution in [-0.4, -0.2) is 61.2 Å². The summed E-state index contributed by atoms with van der Waals surface area (Å²) >= 11 is 0. The van der Waals surface area contributed by atoms with Gasteiger partial charge in [-0.15, -0.1) is 0 Å². The summed E-state index contributed by atoms with van der Waals surface area (Å²) in [5, 5.41) is 2.56. The number of carbonyl (C=O) groups is 1. The van der Waals surface area contributed by atoms with Gasteiger partial charge in [0, 0.05) is 30.8 Å². The molecule has 7 nitrogen and oxygen atoms in total. The van der Waals surface area contributed by atoms with E-state index in [0.29, 0.717) is 51.4 Å². The van der Waals surface area contributed by atoms with Crippen LogP contribution in [0.25, 0.3) is 0 Å². The van der Waals surface area contributed by atoms with Gasteiger partial charge in [-0.1, -0.05) is 6.07 Å². The molecule has 9 heteroatoms. The number of benzene rings is 1. The number of nitrogens with zero attached hydrogens (tertiary/aromatic N) is 2. The molecule has 0 unspecified atom stereocenters. The third kappa shape index (κ3) is 4.52. The number of urea groups is 1. The second-order valence-electron chi connectivity index (χ2n) is 7.24. The summed E-state index contributed by atoms with van der Waals surface area (Å²) in [6.45, 7) is 5.23. The summed E-state index contributed by atoms with van der Waals surface area (Å²) in [4.78, 5) is 14.3. The number of hydrogen-bond donors (Lipinski definition) is 1. The number of hydrogen-bond acceptors (Lipinski definition) is 4. The number of carbonyl (C=O) groups excluding carboxylic acids is 1. The Morgan fingerprint density at radius 3 is 2.63 bits per heavy atom. The van der Waals surface area contributed by atoms with Crippen molar-refractivity contribution in [2.75, 3.05) is 26.2 Å². The van der Waals surface area contributed by atoms with E-state index in [0.717, 1.165) is 5.56 Å². The topological polar surface area (TPSA) is 79.0 Å². The van der Waals surface area contributed by atoms with Crippen LogP contribution in [0.4, 0.5) is 9.18 Å². The van der Waals surface area contributed by atoms with Crippen molar-refractivity contribution in [3.63, 3.8) is 0 Å². The summed E-state index contributed by atoms with van der Waals surface area (Å²) in [6, 6.07) is 4.05. The Morgan fingerprint density at radius 1 is 1.26 bits per heavy atom. The average Bonchev–Trinajstić information content (AvgIpc) is 2.84. The number of sulfonamides is 1. The van der Waals surface area contributed by atoms with Gasteiger partial charge in [0.2, 0.25) is 10.0 Å². The molecule has 1 aromatic rings. The Bertz CT molecular complexity index is 792. The van der Waals surface area contributed by atoms with E-state index in [-0.39, 0.29) is 17.9 Å². The fourth-order valence-corrected chi connectivity index (χ4v) is 4.65. The van der Waals surface area contributed by atoms with E-state index in [9.17, 15) is 17.6 Å². The molecule has 1 fully saturated rings. The van der Waals surface area contributed by atoms with Crippen molar-refractivity contribution in [1.29, 1.82) is 0 Å². The van der Waals surface area contributed by atoms with E-state index in [4.69, 9.17) is 4.74 Å². The lowest BCUT2D eigenvalue weighted by Gasteiger charge is -2.33. The van der Waals surface area contributed by atoms with Crippen LogP contribution in [0.15, 0.2) is 18.2 Å². The number of halogens is 1. The zero-order valence-electron chi connectivity index (χ0n) is 15.7. The second-order valence-corrected chi connectivity index (χ2v) is 9.73. The minimum Gasteiger partial charge on any atom is -0.491 e. The third-order valence-electron chi connectivity index (χ3n) is 5.03. The zero-order chi connectivity index (χ0) is 19.6. The van der Waals surface area contributed by atoms with Crippen LogP contribution >= 0.6 is 0 Å². The Kier molecular flexibility index (Phi) is 5.90. The molecule has 0 radical (unpaired) electrons. The predicted molar refractivity (Wildman–Crippen MR) is 99.5 cm³/mol. The SMILES string of the molecule is CC(C)S(=O)(=O)N1CCC(NC(=O)N2CCOc3cc(F)ccc3C2)CC1. The van der Waals surface area contributed by atoms with Crippen molar-refractivity contribution >= 4 is 16.1 Å². The first-order valence-electron chi connectivity index (χ1n) is 9.23. The molecule has 2 amide bonds. The maximum atomic E-state index is 13.3. The predicted octanol–water partition coefficient (Wildman–Crippen LogP) is 1.93. The van der Waals surface area contributed by atoms with Gasteiger partial charge in [-0.25, -0.2) is 21.9 Å². The third-order valence-corrected chi connectivity index (χ3v) is 7.31. The summed E-state index contributed by atoms with van der Waals surface area (Å²) in [6.07, 6.45) is 1.17. The molecule has 0 spiro atoms. The zero-order valence-corrected chi connectivity index (χ0v) is 16.5. The number of amides is 2. The van der Waals surface area contributed by atoms with Crippen molar-refractivity contribution in [1.82, 2.24) is 14.5 Å². The molecule has 2 heterocycles. The van der Waals surface area contributed by atoms with Crippen molar-refractivity contribution < 1.29 is 22.3 Å². The van der Waals surface area contributed by atoms with Gasteiger partial charge in [-0.3, -0.25) is 0 Å². The van der Waals surface area contributed by atoms with Crippen LogP contribution in [0.3, 0.4) is 0 Å². The fourth-order valence-electron chi connectivity index (χ4n) is 3.34. The Labute approximate surface area is 159 Å². The Hall–Kier alpha value is -1.87. The van der Waals surface area contributed by atoms with E-state index in [2.05, 4.69) is 5.32 Å². The van der Waals surface area contributed by atoms with Gasteiger partial charge in [0.15, 0.2) is 0 Å². The maximum Gasteiger partial charge on any atom is 0.318 e. The molecule has 2 aliphatic heterocycles. The molecule has 150 valence electrons. The summed E-state index contributed by atoms with van der Waals surface area (Å²) in [5.74, 6) is 0.104. The Morgan fingerprint density at radius 2 is 1.96 bits per heavy atom. The molecule has 0 aromatic heterocycles. The van der Waals surface area contributed by atoms with Gasteiger partial charge in [0.05, 0.1) is 18.3 Å². The van der Waals surface area contributed by atoms with Gasteiger partial charge in [-0.05, 0) is 32.8 Å². The highest BCUT2D eigenvalue weighted by Gasteiger charge is 2.31. The number of ether oxygens (including phenoxy) is 1. The molecule has 0 atom stereocenters. The van der Waals surface area contributed by atoms with Crippen LogP contribution in [0, 0.1) is 5.82 Å². The quantitative estimate of drug-likeness (QED) is 0.842. The van der Waals surface area contributed by atoms with Crippen molar-refractivity contribution in [2.24, 2.45) is 0 Å². The van der Waals surface area contributed by atoms with Crippen molar-refractivity contribution in [2.45, 2.75) is 44.5 Å². The summed E-state index contributed by atoms with van der Waals surface area (Å²) in [7, 11) is -3.25. The fraction of sp³-hybridized carbons (Fsp3) is 0.611. The first-order chi connectivity index (χ1) is 12.8. The van der Waals surface area contributed by atoms with Gasteiger partial charge in [-0.2, -0.15) is 0 Å². The summed E-state index contributed by atoms with van der Waals surface area (Å²) < 4.78 is 44.8. The van der Waals surface area contributed by atoms with Crippen molar-refractivity contribution in [3.8, 4) is 5.75 Å². The number of fused-ring (bicyclic) bond motifs is 1. The molecule has 1 N–H and O–H groups in total. The number of piperidine rings is 1. The number of nitrogens with one attached hydrogen (secondary N) is 1. The highest BCUT2D eigenvalue weighted by molar-refractivity contribution is 7.89. The van der Waals surface area contributed by atoms with E-state index >= 15 is 0 Å². The minimum absolute atomic E-state index is 0.0621. The second kappa shape index (κ2) is 8.02. The first kappa shape index (κ1) is 19.9. The summed E-state index contributed by atoms with van der Waals surface area (Å²) in [5.41, 5.74) is 0.766. The van der Waals surface area contributed by atoms with E-state index < -0.39 is 15.3 Å². The molecule has 1 aromatic carbocycles. The smallest absolute Gasteiger partial charge is 0.318 e. The van der Waals surface area contributed by atoms with Gasteiger partial charge < -0.3 is 15.0 Å². The normalized spacial score (nSPS) is 19.3. The van der Waals surface area contributed by atoms with Gasteiger partial charge in [0.1, 0.15) is 18.2 Å². The van der Waals surface area contributed by atoms with Gasteiger partial charge >= 0.3 is 6.03 Å². The molecule has 0 saturated carbocycles. The average molecular weight is 399 g/mol. The monoisotopic (exact) mass is 399 g/mol. The highest BCUT2D eigenvalue weighted by Crippen LogP contribution is 2.24. The highest BCUT2D eigenvalue weighted by atomic mass is 32.2. The molecular weight excluding hydrogens is 373 g/mol. The minimum atomic E-state index is -3.25. The van der Waals surface area contributed by atoms with Crippen molar-refractivity contribution in [3.05, 3.63) is 29.6 Å². The molecule has 2 aliphatic rings. The lowest BCUT2D eigenvalue weighted by molar-refractivity contribution is 0.178. The van der Waals surface area contributed by atoms with E-state index in [1.165, 1.54) is 16.4 Å².